The van der Waals surface area contributed by atoms with E-state index in [1.807, 2.05) is 43.3 Å². The van der Waals surface area contributed by atoms with E-state index >= 15 is 0 Å². The monoisotopic (exact) mass is 363 g/mol. The molecule has 0 bridgehead atoms. The van der Waals surface area contributed by atoms with Crippen molar-refractivity contribution in [3.8, 4) is 0 Å². The van der Waals surface area contributed by atoms with Gasteiger partial charge >= 0.3 is 5.97 Å². The second-order valence-electron chi connectivity index (χ2n) is 6.01. The van der Waals surface area contributed by atoms with Crippen molar-refractivity contribution in [3.63, 3.8) is 0 Å². The van der Waals surface area contributed by atoms with Crippen LogP contribution in [0.15, 0.2) is 85.0 Å². The molecule has 0 saturated carbocycles. The molecule has 140 valence electrons. The van der Waals surface area contributed by atoms with Crippen LogP contribution in [-0.4, -0.2) is 25.0 Å². The molecule has 4 nitrogen and oxygen atoms in total. The highest BCUT2D eigenvalue weighted by Crippen LogP contribution is 2.27. The zero-order valence-electron chi connectivity index (χ0n) is 15.5. The van der Waals surface area contributed by atoms with E-state index in [1.165, 1.54) is 17.2 Å². The topological polar surface area (TPSA) is 55.4 Å². The van der Waals surface area contributed by atoms with Crippen molar-refractivity contribution in [3.05, 3.63) is 96.1 Å². The number of ether oxygens (including phenoxy) is 1. The van der Waals surface area contributed by atoms with Crippen molar-refractivity contribution < 1.29 is 14.3 Å². The van der Waals surface area contributed by atoms with Crippen LogP contribution in [0.4, 0.5) is 0 Å². The number of carbonyl (C=O) groups is 2. The maximum absolute atomic E-state index is 11.9. The third kappa shape index (κ3) is 7.32. The average molecular weight is 363 g/mol. The van der Waals surface area contributed by atoms with Gasteiger partial charge in [0.1, 0.15) is 0 Å². The lowest BCUT2D eigenvalue weighted by Gasteiger charge is -2.18. The van der Waals surface area contributed by atoms with Gasteiger partial charge < -0.3 is 10.1 Å². The molecule has 0 atom stereocenters. The van der Waals surface area contributed by atoms with E-state index in [4.69, 9.17) is 4.74 Å². The summed E-state index contributed by atoms with van der Waals surface area (Å²) in [5.74, 6) is -0.642. The van der Waals surface area contributed by atoms with Crippen molar-refractivity contribution in [1.82, 2.24) is 5.32 Å². The molecular weight excluding hydrogens is 338 g/mol. The first-order chi connectivity index (χ1) is 13.2. The number of esters is 1. The summed E-state index contributed by atoms with van der Waals surface area (Å²) in [5, 5.41) is 2.82. The number of hydrogen-bond acceptors (Lipinski definition) is 3. The van der Waals surface area contributed by atoms with E-state index in [-0.39, 0.29) is 18.4 Å². The van der Waals surface area contributed by atoms with Crippen LogP contribution >= 0.6 is 0 Å². The lowest BCUT2D eigenvalue weighted by molar-refractivity contribution is -0.143. The fourth-order valence-electron chi connectivity index (χ4n) is 2.73. The number of carbonyl (C=O) groups excluding carboxylic acids is 2. The van der Waals surface area contributed by atoms with Gasteiger partial charge in [-0.1, -0.05) is 78.9 Å². The molecule has 1 N–H and O–H groups in total. The van der Waals surface area contributed by atoms with E-state index in [0.717, 1.165) is 6.42 Å². The summed E-state index contributed by atoms with van der Waals surface area (Å²) in [4.78, 5) is 23.4. The van der Waals surface area contributed by atoms with Gasteiger partial charge in [-0.3, -0.25) is 4.79 Å². The van der Waals surface area contributed by atoms with Gasteiger partial charge in [0.05, 0.1) is 0 Å². The highest BCUT2D eigenvalue weighted by atomic mass is 16.5. The van der Waals surface area contributed by atoms with Crippen molar-refractivity contribution >= 4 is 11.9 Å². The van der Waals surface area contributed by atoms with Crippen LogP contribution in [0, 0.1) is 0 Å². The van der Waals surface area contributed by atoms with E-state index in [2.05, 4.69) is 29.6 Å². The average Bonchev–Trinajstić information content (AvgIpc) is 2.71. The summed E-state index contributed by atoms with van der Waals surface area (Å²) in [6.07, 6.45) is 7.13. The van der Waals surface area contributed by atoms with Crippen LogP contribution in [0.3, 0.4) is 0 Å². The van der Waals surface area contributed by atoms with Crippen LogP contribution in [0.5, 0.6) is 0 Å². The zero-order valence-corrected chi connectivity index (χ0v) is 15.5. The standard InChI is InChI=1S/C23H25NO3/c1-2-3-6-15-23(26)27-18-22(25)24-17-16-21(19-11-7-4-8-12-19)20-13-9-5-10-14-20/h2-15,21H,16-18H2,1H3,(H,24,25)/b3-2+,15-6+. The molecule has 1 amide bonds. The fraction of sp³-hybridized carbons (Fsp3) is 0.217. The largest absolute Gasteiger partial charge is 0.452 e. The van der Waals surface area contributed by atoms with Crippen molar-refractivity contribution in [1.29, 1.82) is 0 Å². The quantitative estimate of drug-likeness (QED) is 0.416. The van der Waals surface area contributed by atoms with Gasteiger partial charge in [-0.2, -0.15) is 0 Å². The minimum absolute atomic E-state index is 0.194. The summed E-state index contributed by atoms with van der Waals surface area (Å²) in [5.41, 5.74) is 2.41. The third-order valence-electron chi connectivity index (χ3n) is 4.04. The van der Waals surface area contributed by atoms with Gasteiger partial charge in [-0.15, -0.1) is 0 Å². The lowest BCUT2D eigenvalue weighted by Crippen LogP contribution is -2.30. The molecule has 0 radical (unpaired) electrons. The molecule has 0 saturated heterocycles. The Hall–Kier alpha value is -3.14. The molecule has 0 fully saturated rings. The molecule has 0 aliphatic heterocycles. The van der Waals surface area contributed by atoms with Gasteiger partial charge in [0.15, 0.2) is 6.61 Å². The van der Waals surface area contributed by atoms with Gasteiger partial charge in [0.25, 0.3) is 5.91 Å². The predicted molar refractivity (Wildman–Crippen MR) is 107 cm³/mol. The summed E-state index contributed by atoms with van der Waals surface area (Å²) in [6, 6.07) is 20.4. The van der Waals surface area contributed by atoms with E-state index in [9.17, 15) is 9.59 Å². The summed E-state index contributed by atoms with van der Waals surface area (Å²) in [6.45, 7) is 2.07. The molecule has 0 aromatic heterocycles. The molecule has 2 aromatic rings. The molecule has 2 aromatic carbocycles. The van der Waals surface area contributed by atoms with Gasteiger partial charge in [-0.05, 0) is 24.5 Å². The Labute approximate surface area is 160 Å². The zero-order chi connectivity index (χ0) is 19.3. The Morgan fingerprint density at radius 1 is 0.963 bits per heavy atom. The Bertz CT molecular complexity index is 727. The predicted octanol–water partition coefficient (Wildman–Crippen LogP) is 4.00. The molecule has 27 heavy (non-hydrogen) atoms. The van der Waals surface area contributed by atoms with Crippen LogP contribution in [0.25, 0.3) is 0 Å². The molecule has 2 rings (SSSR count). The number of nitrogens with one attached hydrogen (secondary N) is 1. The maximum atomic E-state index is 11.9. The second kappa shape index (κ2) is 11.5. The highest BCUT2D eigenvalue weighted by Gasteiger charge is 2.14. The number of amides is 1. The van der Waals surface area contributed by atoms with Crippen LogP contribution in [0.2, 0.25) is 0 Å². The minimum Gasteiger partial charge on any atom is -0.452 e. The highest BCUT2D eigenvalue weighted by molar-refractivity contribution is 5.85. The third-order valence-corrected chi connectivity index (χ3v) is 4.04. The summed E-state index contributed by atoms with van der Waals surface area (Å²) >= 11 is 0. The summed E-state index contributed by atoms with van der Waals surface area (Å²) < 4.78 is 4.91. The molecule has 0 aliphatic rings. The molecular formula is C23H25NO3. The Kier molecular flexibility index (Phi) is 8.57. The SMILES string of the molecule is C/C=C/C=C/C(=O)OCC(=O)NCCC(c1ccccc1)c1ccccc1. The molecule has 4 heteroatoms. The van der Waals surface area contributed by atoms with Crippen molar-refractivity contribution in [2.75, 3.05) is 13.2 Å². The van der Waals surface area contributed by atoms with Gasteiger partial charge in [0.2, 0.25) is 0 Å². The fourth-order valence-corrected chi connectivity index (χ4v) is 2.73. The Balaban J connectivity index is 1.85. The van der Waals surface area contributed by atoms with Gasteiger partial charge in [0, 0.05) is 18.5 Å². The number of allylic oxidation sites excluding steroid dienone is 3. The molecule has 0 unspecified atom stereocenters. The number of hydrogen-bond donors (Lipinski definition) is 1. The minimum atomic E-state index is -0.533. The Morgan fingerprint density at radius 3 is 2.11 bits per heavy atom. The number of rotatable bonds is 9. The first-order valence-electron chi connectivity index (χ1n) is 9.03. The van der Waals surface area contributed by atoms with E-state index < -0.39 is 5.97 Å². The summed E-state index contributed by atoms with van der Waals surface area (Å²) in [7, 11) is 0. The molecule has 0 aliphatic carbocycles. The lowest BCUT2D eigenvalue weighted by atomic mass is 9.88. The first kappa shape index (κ1) is 20.2. The number of benzene rings is 2. The van der Waals surface area contributed by atoms with Crippen LogP contribution < -0.4 is 5.32 Å². The van der Waals surface area contributed by atoms with E-state index in [0.29, 0.717) is 6.54 Å². The maximum Gasteiger partial charge on any atom is 0.331 e. The van der Waals surface area contributed by atoms with Crippen LogP contribution in [-0.2, 0) is 14.3 Å². The van der Waals surface area contributed by atoms with E-state index in [1.54, 1.807) is 18.2 Å². The smallest absolute Gasteiger partial charge is 0.331 e. The van der Waals surface area contributed by atoms with Gasteiger partial charge in [-0.25, -0.2) is 4.79 Å². The van der Waals surface area contributed by atoms with Crippen molar-refractivity contribution in [2.45, 2.75) is 19.3 Å². The van der Waals surface area contributed by atoms with Crippen molar-refractivity contribution in [2.24, 2.45) is 0 Å². The first-order valence-corrected chi connectivity index (χ1v) is 9.03. The molecule has 0 spiro atoms. The Morgan fingerprint density at radius 2 is 1.56 bits per heavy atom. The second-order valence-corrected chi connectivity index (χ2v) is 6.01. The van der Waals surface area contributed by atoms with Crippen LogP contribution in [0.1, 0.15) is 30.4 Å². The molecule has 0 heterocycles. The normalized spacial score (nSPS) is 11.2.